The summed E-state index contributed by atoms with van der Waals surface area (Å²) in [6.45, 7) is 4.11. The van der Waals surface area contributed by atoms with Gasteiger partial charge in [-0.25, -0.2) is 4.98 Å². The molecule has 138 valence electrons. The van der Waals surface area contributed by atoms with Gasteiger partial charge in [0.1, 0.15) is 10.8 Å². The number of para-hydroxylation sites is 2. The maximum absolute atomic E-state index is 12.8. The number of hydrogen-bond donors (Lipinski definition) is 0. The van der Waals surface area contributed by atoms with Gasteiger partial charge in [0.2, 0.25) is 0 Å². The highest BCUT2D eigenvalue weighted by Crippen LogP contribution is 2.29. The highest BCUT2D eigenvalue weighted by Gasteiger charge is 2.33. The number of amides is 1. The molecule has 3 heterocycles. The number of aromatic nitrogens is 1. The molecular weight excluding hydrogens is 358 g/mol. The Morgan fingerprint density at radius 2 is 1.85 bits per heavy atom. The molecule has 2 aromatic carbocycles. The molecule has 0 spiro atoms. The molecular formula is C21H21N3O2S. The standard InChI is InChI=1S/C21H21N3O2S/c25-21(18-13-15-5-1-3-7-17(15)26-18)24-11-9-23(10-12-24)14-20-22-16-6-2-4-8-19(16)27-20/h1-8,18H,9-14H2/t18-/m0/s1. The number of fused-ring (bicyclic) bond motifs is 2. The van der Waals surface area contributed by atoms with Crippen molar-refractivity contribution in [1.29, 1.82) is 0 Å². The van der Waals surface area contributed by atoms with E-state index in [1.54, 1.807) is 11.3 Å². The molecule has 1 amide bonds. The van der Waals surface area contributed by atoms with Crippen molar-refractivity contribution in [1.82, 2.24) is 14.8 Å². The van der Waals surface area contributed by atoms with Gasteiger partial charge < -0.3 is 9.64 Å². The van der Waals surface area contributed by atoms with Gasteiger partial charge >= 0.3 is 0 Å². The van der Waals surface area contributed by atoms with Gasteiger partial charge in [-0.1, -0.05) is 30.3 Å². The number of hydrogen-bond acceptors (Lipinski definition) is 5. The zero-order valence-electron chi connectivity index (χ0n) is 15.0. The first-order chi connectivity index (χ1) is 13.3. The molecule has 1 saturated heterocycles. The summed E-state index contributed by atoms with van der Waals surface area (Å²) in [5.41, 5.74) is 2.20. The molecule has 1 fully saturated rings. The average Bonchev–Trinajstić information content (AvgIpc) is 3.31. The lowest BCUT2D eigenvalue weighted by atomic mass is 10.1. The van der Waals surface area contributed by atoms with Crippen LogP contribution >= 0.6 is 11.3 Å². The van der Waals surface area contributed by atoms with Gasteiger partial charge in [-0.2, -0.15) is 0 Å². The van der Waals surface area contributed by atoms with Crippen molar-refractivity contribution in [3.8, 4) is 5.75 Å². The molecule has 3 aromatic rings. The van der Waals surface area contributed by atoms with Crippen LogP contribution in [0.25, 0.3) is 10.2 Å². The minimum absolute atomic E-state index is 0.117. The van der Waals surface area contributed by atoms with Crippen molar-refractivity contribution < 1.29 is 9.53 Å². The second-order valence-electron chi connectivity index (χ2n) is 7.10. The Kier molecular flexibility index (Phi) is 4.30. The molecule has 0 unspecified atom stereocenters. The van der Waals surface area contributed by atoms with Crippen molar-refractivity contribution in [2.75, 3.05) is 26.2 Å². The van der Waals surface area contributed by atoms with Crippen LogP contribution in [0.5, 0.6) is 5.75 Å². The van der Waals surface area contributed by atoms with Crippen LogP contribution in [0.2, 0.25) is 0 Å². The Balaban J connectivity index is 1.17. The summed E-state index contributed by atoms with van der Waals surface area (Å²) < 4.78 is 7.10. The van der Waals surface area contributed by atoms with E-state index >= 15 is 0 Å². The number of benzene rings is 2. The van der Waals surface area contributed by atoms with E-state index < -0.39 is 0 Å². The fourth-order valence-electron chi connectivity index (χ4n) is 3.83. The van der Waals surface area contributed by atoms with Crippen LogP contribution in [-0.2, 0) is 17.8 Å². The minimum atomic E-state index is -0.363. The molecule has 0 N–H and O–H groups in total. The number of piperazine rings is 1. The predicted octanol–water partition coefficient (Wildman–Crippen LogP) is 2.94. The van der Waals surface area contributed by atoms with Crippen LogP contribution in [0.1, 0.15) is 10.6 Å². The number of carbonyl (C=O) groups is 1. The number of nitrogens with zero attached hydrogens (tertiary/aromatic N) is 3. The van der Waals surface area contributed by atoms with Crippen LogP contribution in [0, 0.1) is 0 Å². The van der Waals surface area contributed by atoms with Gasteiger partial charge in [-0.15, -0.1) is 11.3 Å². The fraction of sp³-hybridized carbons (Fsp3) is 0.333. The van der Waals surface area contributed by atoms with Gasteiger partial charge in [0.25, 0.3) is 5.91 Å². The van der Waals surface area contributed by atoms with E-state index in [0.29, 0.717) is 6.42 Å². The summed E-state index contributed by atoms with van der Waals surface area (Å²) in [7, 11) is 0. The van der Waals surface area contributed by atoms with Gasteiger partial charge in [-0.3, -0.25) is 9.69 Å². The predicted molar refractivity (Wildman–Crippen MR) is 106 cm³/mol. The summed E-state index contributed by atoms with van der Waals surface area (Å²) in [5.74, 6) is 0.969. The Hall–Kier alpha value is -2.44. The molecule has 5 nitrogen and oxygen atoms in total. The minimum Gasteiger partial charge on any atom is -0.480 e. The maximum atomic E-state index is 12.8. The third-order valence-corrected chi connectivity index (χ3v) is 6.32. The first-order valence-corrected chi connectivity index (χ1v) is 10.2. The summed E-state index contributed by atoms with van der Waals surface area (Å²) in [6, 6.07) is 16.2. The second-order valence-corrected chi connectivity index (χ2v) is 8.21. The van der Waals surface area contributed by atoms with Crippen LogP contribution < -0.4 is 4.74 Å². The Labute approximate surface area is 162 Å². The largest absolute Gasteiger partial charge is 0.480 e. The Morgan fingerprint density at radius 1 is 1.07 bits per heavy atom. The van der Waals surface area contributed by atoms with Crippen LogP contribution in [-0.4, -0.2) is 53.0 Å². The van der Waals surface area contributed by atoms with Crippen LogP contribution in [0.15, 0.2) is 48.5 Å². The lowest BCUT2D eigenvalue weighted by Crippen LogP contribution is -2.51. The molecule has 0 bridgehead atoms. The van der Waals surface area contributed by atoms with Crippen molar-refractivity contribution in [3.05, 3.63) is 59.1 Å². The molecule has 2 aliphatic rings. The quantitative estimate of drug-likeness (QED) is 0.702. The zero-order valence-corrected chi connectivity index (χ0v) is 15.8. The van der Waals surface area contributed by atoms with Gasteiger partial charge in [0.15, 0.2) is 6.10 Å². The normalized spacial score (nSPS) is 19.9. The van der Waals surface area contributed by atoms with Crippen molar-refractivity contribution in [2.24, 2.45) is 0 Å². The van der Waals surface area contributed by atoms with E-state index in [0.717, 1.165) is 54.6 Å². The first-order valence-electron chi connectivity index (χ1n) is 9.36. The van der Waals surface area contributed by atoms with Gasteiger partial charge in [0.05, 0.1) is 16.8 Å². The molecule has 2 aliphatic heterocycles. The molecule has 0 radical (unpaired) electrons. The van der Waals surface area contributed by atoms with E-state index in [-0.39, 0.29) is 12.0 Å². The van der Waals surface area contributed by atoms with Gasteiger partial charge in [-0.05, 0) is 23.8 Å². The molecule has 0 saturated carbocycles. The van der Waals surface area contributed by atoms with E-state index in [2.05, 4.69) is 23.1 Å². The maximum Gasteiger partial charge on any atom is 0.264 e. The van der Waals surface area contributed by atoms with E-state index in [9.17, 15) is 4.79 Å². The lowest BCUT2D eigenvalue weighted by Gasteiger charge is -2.35. The molecule has 1 aromatic heterocycles. The molecule has 0 aliphatic carbocycles. The summed E-state index contributed by atoms with van der Waals surface area (Å²) in [6.07, 6.45) is 0.319. The van der Waals surface area contributed by atoms with Gasteiger partial charge in [0, 0.05) is 32.6 Å². The molecule has 1 atom stereocenters. The molecule has 6 heteroatoms. The summed E-state index contributed by atoms with van der Waals surface area (Å²) in [4.78, 5) is 21.9. The number of rotatable bonds is 3. The average molecular weight is 379 g/mol. The Morgan fingerprint density at radius 3 is 2.67 bits per heavy atom. The SMILES string of the molecule is O=C([C@@H]1Cc2ccccc2O1)N1CCN(Cc2nc3ccccc3s2)CC1. The topological polar surface area (TPSA) is 45.7 Å². The van der Waals surface area contributed by atoms with Crippen molar-refractivity contribution >= 4 is 27.5 Å². The van der Waals surface area contributed by atoms with Crippen LogP contribution in [0.4, 0.5) is 0 Å². The highest BCUT2D eigenvalue weighted by atomic mass is 32.1. The number of carbonyl (C=O) groups excluding carboxylic acids is 1. The number of ether oxygens (including phenoxy) is 1. The summed E-state index contributed by atoms with van der Waals surface area (Å²) >= 11 is 1.76. The van der Waals surface area contributed by atoms with Crippen LogP contribution in [0.3, 0.4) is 0 Å². The van der Waals surface area contributed by atoms with E-state index in [1.165, 1.54) is 4.70 Å². The first kappa shape index (κ1) is 16.7. The molecule has 5 rings (SSSR count). The third kappa shape index (κ3) is 3.31. The van der Waals surface area contributed by atoms with Crippen molar-refractivity contribution in [2.45, 2.75) is 19.1 Å². The van der Waals surface area contributed by atoms with Crippen molar-refractivity contribution in [3.63, 3.8) is 0 Å². The smallest absolute Gasteiger partial charge is 0.264 e. The number of thiazole rings is 1. The summed E-state index contributed by atoms with van der Waals surface area (Å²) in [5, 5.41) is 1.14. The lowest BCUT2D eigenvalue weighted by molar-refractivity contribution is -0.139. The monoisotopic (exact) mass is 379 g/mol. The fourth-order valence-corrected chi connectivity index (χ4v) is 4.84. The van der Waals surface area contributed by atoms with E-state index in [1.807, 2.05) is 35.2 Å². The molecule has 27 heavy (non-hydrogen) atoms. The second kappa shape index (κ2) is 6.94. The highest BCUT2D eigenvalue weighted by molar-refractivity contribution is 7.18. The van der Waals surface area contributed by atoms with E-state index in [4.69, 9.17) is 9.72 Å². The Bertz CT molecular complexity index is 920. The third-order valence-electron chi connectivity index (χ3n) is 5.30. The zero-order chi connectivity index (χ0) is 18.2.